The van der Waals surface area contributed by atoms with Crippen LogP contribution in [0.4, 0.5) is 0 Å². The second-order valence-corrected chi connectivity index (χ2v) is 8.13. The Morgan fingerprint density at radius 2 is 1.71 bits per heavy atom. The Morgan fingerprint density at radius 1 is 1.08 bits per heavy atom. The van der Waals surface area contributed by atoms with Gasteiger partial charge in [0.05, 0.1) is 0 Å². The number of piperazine rings is 1. The van der Waals surface area contributed by atoms with Crippen molar-refractivity contribution in [2.75, 3.05) is 44.7 Å². The summed E-state index contributed by atoms with van der Waals surface area (Å²) in [6, 6.07) is 4.30. The fourth-order valence-corrected chi connectivity index (χ4v) is 3.39. The molecule has 0 N–H and O–H groups in total. The molecule has 1 fully saturated rings. The van der Waals surface area contributed by atoms with E-state index in [-0.39, 0.29) is 5.91 Å². The fraction of sp³-hybridized carbons (Fsp3) is 0.526. The standard InChI is InChI=1S/C19H28N2O2S/c1-15-13-17(3)18(14-16(15)2)5-6-19(22)21-9-7-20(8-10-21)11-12-24(4)23/h5-6,13-14H,7-12H2,1-4H3/b6-5+. The summed E-state index contributed by atoms with van der Waals surface area (Å²) in [6.45, 7) is 10.3. The summed E-state index contributed by atoms with van der Waals surface area (Å²) in [6.07, 6.45) is 5.35. The van der Waals surface area contributed by atoms with Crippen molar-refractivity contribution in [1.82, 2.24) is 9.80 Å². The molecule has 1 atom stereocenters. The molecule has 1 aromatic carbocycles. The number of benzene rings is 1. The van der Waals surface area contributed by atoms with E-state index in [1.165, 1.54) is 16.7 Å². The third kappa shape index (κ3) is 5.28. The third-order valence-electron chi connectivity index (χ3n) is 4.67. The van der Waals surface area contributed by atoms with Crippen molar-refractivity contribution in [3.63, 3.8) is 0 Å². The lowest BCUT2D eigenvalue weighted by Crippen LogP contribution is -2.49. The first-order valence-electron chi connectivity index (χ1n) is 8.44. The minimum atomic E-state index is -0.748. The van der Waals surface area contributed by atoms with Crippen LogP contribution < -0.4 is 0 Å². The van der Waals surface area contributed by atoms with Gasteiger partial charge in [0.1, 0.15) is 0 Å². The fourth-order valence-electron chi connectivity index (χ4n) is 2.88. The molecule has 0 aromatic heterocycles. The van der Waals surface area contributed by atoms with E-state index in [4.69, 9.17) is 0 Å². The largest absolute Gasteiger partial charge is 0.337 e. The molecule has 5 heteroatoms. The average Bonchev–Trinajstić information content (AvgIpc) is 2.55. The Morgan fingerprint density at radius 3 is 2.33 bits per heavy atom. The summed E-state index contributed by atoms with van der Waals surface area (Å²) in [5.41, 5.74) is 4.82. The van der Waals surface area contributed by atoms with E-state index in [9.17, 15) is 9.00 Å². The van der Waals surface area contributed by atoms with Crippen LogP contribution in [0.5, 0.6) is 0 Å². The lowest BCUT2D eigenvalue weighted by molar-refractivity contribution is -0.127. The van der Waals surface area contributed by atoms with Crippen LogP contribution in [0.2, 0.25) is 0 Å². The predicted molar refractivity (Wildman–Crippen MR) is 102 cm³/mol. The molecule has 1 amide bonds. The molecule has 0 saturated carbocycles. The smallest absolute Gasteiger partial charge is 0.246 e. The molecule has 132 valence electrons. The van der Waals surface area contributed by atoms with Crippen LogP contribution in [0.3, 0.4) is 0 Å². The molecule has 1 aromatic rings. The van der Waals surface area contributed by atoms with Crippen LogP contribution in [0.25, 0.3) is 6.08 Å². The summed E-state index contributed by atoms with van der Waals surface area (Å²) in [4.78, 5) is 16.6. The molecule has 4 nitrogen and oxygen atoms in total. The molecule has 0 spiro atoms. The van der Waals surface area contributed by atoms with Gasteiger partial charge in [-0.1, -0.05) is 12.1 Å². The Bertz CT molecular complexity index is 647. The minimum Gasteiger partial charge on any atom is -0.337 e. The van der Waals surface area contributed by atoms with Crippen LogP contribution in [-0.2, 0) is 15.6 Å². The van der Waals surface area contributed by atoms with Crippen LogP contribution in [-0.4, -0.2) is 64.6 Å². The molecule has 1 heterocycles. The van der Waals surface area contributed by atoms with Gasteiger partial charge >= 0.3 is 0 Å². The number of hydrogen-bond acceptors (Lipinski definition) is 3. The highest BCUT2D eigenvalue weighted by atomic mass is 32.2. The van der Waals surface area contributed by atoms with Crippen molar-refractivity contribution in [1.29, 1.82) is 0 Å². The maximum Gasteiger partial charge on any atom is 0.246 e. The van der Waals surface area contributed by atoms with Gasteiger partial charge in [0.25, 0.3) is 0 Å². The Balaban J connectivity index is 1.90. The van der Waals surface area contributed by atoms with Crippen molar-refractivity contribution in [3.05, 3.63) is 40.5 Å². The summed E-state index contributed by atoms with van der Waals surface area (Å²) >= 11 is 0. The first-order valence-corrected chi connectivity index (χ1v) is 10.2. The second kappa shape index (κ2) is 8.58. The highest BCUT2D eigenvalue weighted by molar-refractivity contribution is 7.84. The summed E-state index contributed by atoms with van der Waals surface area (Å²) in [7, 11) is -0.748. The quantitative estimate of drug-likeness (QED) is 0.766. The lowest BCUT2D eigenvalue weighted by Gasteiger charge is -2.34. The molecule has 0 radical (unpaired) electrons. The zero-order chi connectivity index (χ0) is 17.7. The zero-order valence-electron chi connectivity index (χ0n) is 15.2. The number of aryl methyl sites for hydroxylation is 3. The minimum absolute atomic E-state index is 0.0753. The van der Waals surface area contributed by atoms with Crippen molar-refractivity contribution in [2.24, 2.45) is 0 Å². The number of carbonyl (C=O) groups is 1. The van der Waals surface area contributed by atoms with Crippen molar-refractivity contribution in [2.45, 2.75) is 20.8 Å². The predicted octanol–water partition coefficient (Wildman–Crippen LogP) is 2.15. The maximum atomic E-state index is 12.4. The Labute approximate surface area is 148 Å². The van der Waals surface area contributed by atoms with Gasteiger partial charge in [-0.2, -0.15) is 0 Å². The average molecular weight is 349 g/mol. The van der Waals surface area contributed by atoms with E-state index in [2.05, 4.69) is 37.8 Å². The SMILES string of the molecule is Cc1cc(C)c(/C=C/C(=O)N2CCN(CCS(C)=O)CC2)cc1C. The van der Waals surface area contributed by atoms with Gasteiger partial charge in [-0.15, -0.1) is 0 Å². The normalized spacial score (nSPS) is 17.4. The van der Waals surface area contributed by atoms with Crippen molar-refractivity contribution in [3.8, 4) is 0 Å². The molecule has 1 aliphatic heterocycles. The van der Waals surface area contributed by atoms with Crippen molar-refractivity contribution >= 4 is 22.8 Å². The van der Waals surface area contributed by atoms with Crippen LogP contribution in [0.1, 0.15) is 22.3 Å². The molecule has 1 aliphatic rings. The Kier molecular flexibility index (Phi) is 6.75. The van der Waals surface area contributed by atoms with E-state index < -0.39 is 10.8 Å². The number of rotatable bonds is 5. The number of nitrogens with zero attached hydrogens (tertiary/aromatic N) is 2. The molecular formula is C19H28N2O2S. The van der Waals surface area contributed by atoms with E-state index in [1.807, 2.05) is 11.0 Å². The maximum absolute atomic E-state index is 12.4. The van der Waals surface area contributed by atoms with E-state index >= 15 is 0 Å². The summed E-state index contributed by atoms with van der Waals surface area (Å²) in [5, 5.41) is 0. The van der Waals surface area contributed by atoms with Gasteiger partial charge in [0.15, 0.2) is 0 Å². The van der Waals surface area contributed by atoms with Gasteiger partial charge < -0.3 is 4.90 Å². The highest BCUT2D eigenvalue weighted by Crippen LogP contribution is 2.17. The van der Waals surface area contributed by atoms with Crippen LogP contribution in [0.15, 0.2) is 18.2 Å². The molecule has 0 bridgehead atoms. The van der Waals surface area contributed by atoms with Gasteiger partial charge in [-0.25, -0.2) is 0 Å². The summed E-state index contributed by atoms with van der Waals surface area (Å²) < 4.78 is 11.2. The third-order valence-corrected chi connectivity index (χ3v) is 5.42. The Hall–Kier alpha value is -1.46. The zero-order valence-corrected chi connectivity index (χ0v) is 16.0. The topological polar surface area (TPSA) is 40.6 Å². The number of carbonyl (C=O) groups excluding carboxylic acids is 1. The van der Waals surface area contributed by atoms with E-state index in [0.29, 0.717) is 5.75 Å². The van der Waals surface area contributed by atoms with Gasteiger partial charge in [-0.05, 0) is 49.1 Å². The number of amides is 1. The van der Waals surface area contributed by atoms with Gasteiger partial charge in [0, 0.05) is 61.6 Å². The molecular weight excluding hydrogens is 320 g/mol. The molecule has 0 aliphatic carbocycles. The van der Waals surface area contributed by atoms with Gasteiger partial charge in [-0.3, -0.25) is 13.9 Å². The molecule has 24 heavy (non-hydrogen) atoms. The first kappa shape index (κ1) is 18.9. The van der Waals surface area contributed by atoms with Gasteiger partial charge in [0.2, 0.25) is 5.91 Å². The monoisotopic (exact) mass is 348 g/mol. The first-order chi connectivity index (χ1) is 11.4. The van der Waals surface area contributed by atoms with Crippen LogP contribution >= 0.6 is 0 Å². The second-order valence-electron chi connectivity index (χ2n) is 6.57. The van der Waals surface area contributed by atoms with Crippen LogP contribution in [0, 0.1) is 20.8 Å². The van der Waals surface area contributed by atoms with E-state index in [1.54, 1.807) is 12.3 Å². The van der Waals surface area contributed by atoms with E-state index in [0.717, 1.165) is 38.3 Å². The summed E-state index contributed by atoms with van der Waals surface area (Å²) in [5.74, 6) is 0.784. The highest BCUT2D eigenvalue weighted by Gasteiger charge is 2.19. The molecule has 2 rings (SSSR count). The molecule has 1 saturated heterocycles. The molecule has 1 unspecified atom stereocenters. The lowest BCUT2D eigenvalue weighted by atomic mass is 10.0. The number of hydrogen-bond donors (Lipinski definition) is 0. The van der Waals surface area contributed by atoms with Crippen molar-refractivity contribution < 1.29 is 9.00 Å².